The summed E-state index contributed by atoms with van der Waals surface area (Å²) in [6.45, 7) is 2.74. The third-order valence-electron chi connectivity index (χ3n) is 5.42. The van der Waals surface area contributed by atoms with Crippen LogP contribution < -0.4 is 4.74 Å². The summed E-state index contributed by atoms with van der Waals surface area (Å²) in [5.41, 5.74) is 3.73. The number of carbonyl (C=O) groups excluding carboxylic acids is 2. The van der Waals surface area contributed by atoms with Crippen LogP contribution in [0.25, 0.3) is 22.2 Å². The van der Waals surface area contributed by atoms with Gasteiger partial charge in [0.2, 0.25) is 18.0 Å². The molecule has 3 aromatic carbocycles. The molecule has 2 heterocycles. The Kier molecular flexibility index (Phi) is 5.51. The zero-order valence-corrected chi connectivity index (χ0v) is 18.6. The molecule has 1 aliphatic heterocycles. The minimum Gasteiger partial charge on any atom is -0.445 e. The first kappa shape index (κ1) is 21.3. The normalized spacial score (nSPS) is 15.1. The highest BCUT2D eigenvalue weighted by atomic mass is 16.5. The Labute approximate surface area is 196 Å². The van der Waals surface area contributed by atoms with Gasteiger partial charge in [-0.2, -0.15) is 5.01 Å². The highest BCUT2D eigenvalue weighted by molar-refractivity contribution is 6.08. The number of hydrogen-bond acceptors (Lipinski definition) is 6. The van der Waals surface area contributed by atoms with Gasteiger partial charge in [0.1, 0.15) is 5.75 Å². The maximum atomic E-state index is 12.5. The number of rotatable bonds is 4. The number of ether oxygens (including phenoxy) is 2. The van der Waals surface area contributed by atoms with Crippen molar-refractivity contribution in [2.75, 3.05) is 0 Å². The van der Waals surface area contributed by atoms with E-state index in [0.29, 0.717) is 16.9 Å². The van der Waals surface area contributed by atoms with Gasteiger partial charge >= 0.3 is 5.97 Å². The van der Waals surface area contributed by atoms with Crippen LogP contribution in [0.1, 0.15) is 31.2 Å². The van der Waals surface area contributed by atoms with Gasteiger partial charge in [0.25, 0.3) is 0 Å². The fourth-order valence-electron chi connectivity index (χ4n) is 3.92. The van der Waals surface area contributed by atoms with Crippen molar-refractivity contribution in [2.45, 2.75) is 20.1 Å². The second-order valence-corrected chi connectivity index (χ2v) is 7.81. The first-order chi connectivity index (χ1) is 16.5. The van der Waals surface area contributed by atoms with Crippen molar-refractivity contribution in [1.82, 2.24) is 9.99 Å². The summed E-state index contributed by atoms with van der Waals surface area (Å²) in [5.74, 6) is -0.172. The molecule has 5 rings (SSSR count). The first-order valence-corrected chi connectivity index (χ1v) is 10.8. The van der Waals surface area contributed by atoms with Gasteiger partial charge in [0.15, 0.2) is 0 Å². The van der Waals surface area contributed by atoms with Crippen LogP contribution in [0.3, 0.4) is 0 Å². The number of aromatic nitrogens is 1. The molecule has 0 spiro atoms. The van der Waals surface area contributed by atoms with E-state index in [1.807, 2.05) is 60.7 Å². The van der Waals surface area contributed by atoms with Crippen molar-refractivity contribution >= 4 is 28.7 Å². The topological polar surface area (TPSA) is 81.1 Å². The number of hydrogen-bond donors (Lipinski definition) is 0. The summed E-state index contributed by atoms with van der Waals surface area (Å²) >= 11 is 0. The van der Waals surface area contributed by atoms with Gasteiger partial charge in [-0.05, 0) is 24.3 Å². The van der Waals surface area contributed by atoms with E-state index in [0.717, 1.165) is 22.2 Å². The van der Waals surface area contributed by atoms with Gasteiger partial charge in [0, 0.05) is 30.4 Å². The molecular weight excluding hydrogens is 430 g/mol. The van der Waals surface area contributed by atoms with Crippen LogP contribution in [0.2, 0.25) is 0 Å². The maximum absolute atomic E-state index is 12.5. The Morgan fingerprint density at radius 1 is 0.912 bits per heavy atom. The van der Waals surface area contributed by atoms with E-state index in [4.69, 9.17) is 14.5 Å². The third-order valence-corrected chi connectivity index (χ3v) is 5.42. The molecule has 0 N–H and O–H groups in total. The summed E-state index contributed by atoms with van der Waals surface area (Å²) in [5, 5.41) is 6.64. The molecule has 0 fully saturated rings. The molecule has 7 heteroatoms. The Morgan fingerprint density at radius 3 is 2.38 bits per heavy atom. The van der Waals surface area contributed by atoms with Crippen molar-refractivity contribution in [3.05, 3.63) is 96.1 Å². The smallest absolute Gasteiger partial charge is 0.308 e. The zero-order chi connectivity index (χ0) is 23.7. The lowest BCUT2D eigenvalue weighted by atomic mass is 10.0. The molecule has 0 aliphatic carbocycles. The number of pyridine rings is 1. The number of hydrazone groups is 1. The van der Waals surface area contributed by atoms with Crippen molar-refractivity contribution < 1.29 is 19.1 Å². The number of nitrogens with zero attached hydrogens (tertiary/aromatic N) is 3. The van der Waals surface area contributed by atoms with Gasteiger partial charge in [0.05, 0.1) is 16.8 Å². The Balaban J connectivity index is 1.63. The summed E-state index contributed by atoms with van der Waals surface area (Å²) in [6.07, 6.45) is -0.879. The van der Waals surface area contributed by atoms with Crippen LogP contribution in [0, 0.1) is 0 Å². The summed E-state index contributed by atoms with van der Waals surface area (Å²) in [6, 6.07) is 26.4. The number of amides is 1. The van der Waals surface area contributed by atoms with Gasteiger partial charge < -0.3 is 9.47 Å². The standard InChI is InChI=1S/C27H21N3O4/c1-17(31)30-27(21-13-7-9-15-25(21)33-18(2)32)34-26(29-30)22-16-24(19-10-4-3-5-11-19)28-23-14-8-6-12-20(22)23/h3-16,27H,1-2H3. The van der Waals surface area contributed by atoms with E-state index in [-0.39, 0.29) is 11.8 Å². The second-order valence-electron chi connectivity index (χ2n) is 7.81. The average Bonchev–Trinajstić information content (AvgIpc) is 3.29. The number of benzene rings is 3. The van der Waals surface area contributed by atoms with Crippen LogP contribution in [-0.2, 0) is 14.3 Å². The maximum Gasteiger partial charge on any atom is 0.308 e. The minimum absolute atomic E-state index is 0.286. The SMILES string of the molecule is CC(=O)Oc1ccccc1C1OC(c2cc(-c3ccccc3)nc3ccccc23)=NN1C(C)=O. The lowest BCUT2D eigenvalue weighted by molar-refractivity contribution is -0.135. The third kappa shape index (κ3) is 3.99. The lowest BCUT2D eigenvalue weighted by Crippen LogP contribution is -2.26. The molecule has 1 unspecified atom stereocenters. The van der Waals surface area contributed by atoms with Gasteiger partial charge in [-0.15, -0.1) is 5.10 Å². The Morgan fingerprint density at radius 2 is 1.62 bits per heavy atom. The average molecular weight is 451 g/mol. The van der Waals surface area contributed by atoms with Crippen molar-refractivity contribution in [3.8, 4) is 17.0 Å². The zero-order valence-electron chi connectivity index (χ0n) is 18.6. The monoisotopic (exact) mass is 451 g/mol. The quantitative estimate of drug-likeness (QED) is 0.320. The summed E-state index contributed by atoms with van der Waals surface area (Å²) < 4.78 is 11.6. The van der Waals surface area contributed by atoms with Crippen molar-refractivity contribution in [2.24, 2.45) is 5.10 Å². The van der Waals surface area contributed by atoms with E-state index in [1.54, 1.807) is 24.3 Å². The molecule has 34 heavy (non-hydrogen) atoms. The summed E-state index contributed by atoms with van der Waals surface area (Å²) in [7, 11) is 0. The van der Waals surface area contributed by atoms with E-state index in [2.05, 4.69) is 5.10 Å². The molecule has 4 aromatic rings. The van der Waals surface area contributed by atoms with E-state index >= 15 is 0 Å². The highest BCUT2D eigenvalue weighted by Crippen LogP contribution is 2.37. The number of esters is 1. The fraction of sp³-hybridized carbons (Fsp3) is 0.111. The Bertz CT molecular complexity index is 1430. The largest absolute Gasteiger partial charge is 0.445 e. The van der Waals surface area contributed by atoms with Crippen molar-refractivity contribution in [3.63, 3.8) is 0 Å². The number of carbonyl (C=O) groups is 2. The molecule has 0 bridgehead atoms. The van der Waals surface area contributed by atoms with Crippen LogP contribution >= 0.6 is 0 Å². The number of fused-ring (bicyclic) bond motifs is 1. The van der Waals surface area contributed by atoms with Gasteiger partial charge in [-0.25, -0.2) is 4.98 Å². The van der Waals surface area contributed by atoms with Gasteiger partial charge in [-0.3, -0.25) is 9.59 Å². The number of para-hydroxylation sites is 2. The van der Waals surface area contributed by atoms with Crippen LogP contribution in [-0.4, -0.2) is 27.8 Å². The molecule has 0 radical (unpaired) electrons. The molecule has 168 valence electrons. The predicted octanol–water partition coefficient (Wildman–Crippen LogP) is 5.07. The van der Waals surface area contributed by atoms with E-state index in [9.17, 15) is 9.59 Å². The molecule has 7 nitrogen and oxygen atoms in total. The second kappa shape index (κ2) is 8.78. The van der Waals surface area contributed by atoms with Crippen LogP contribution in [0.15, 0.2) is 90.0 Å². The van der Waals surface area contributed by atoms with E-state index in [1.165, 1.54) is 18.9 Å². The van der Waals surface area contributed by atoms with E-state index < -0.39 is 12.2 Å². The molecule has 1 atom stereocenters. The van der Waals surface area contributed by atoms with Crippen LogP contribution in [0.5, 0.6) is 5.75 Å². The molecule has 0 saturated carbocycles. The molecule has 0 saturated heterocycles. The summed E-state index contributed by atoms with van der Waals surface area (Å²) in [4.78, 5) is 28.9. The molecule has 1 amide bonds. The predicted molar refractivity (Wildman–Crippen MR) is 128 cm³/mol. The minimum atomic E-state index is -0.879. The van der Waals surface area contributed by atoms with Gasteiger partial charge in [-0.1, -0.05) is 60.7 Å². The highest BCUT2D eigenvalue weighted by Gasteiger charge is 2.36. The lowest BCUT2D eigenvalue weighted by Gasteiger charge is -2.21. The fourth-order valence-corrected chi connectivity index (χ4v) is 3.92. The molecule has 1 aromatic heterocycles. The Hall–Kier alpha value is -4.52. The molecular formula is C27H21N3O4. The first-order valence-electron chi connectivity index (χ1n) is 10.8. The van der Waals surface area contributed by atoms with Crippen molar-refractivity contribution in [1.29, 1.82) is 0 Å². The van der Waals surface area contributed by atoms with Crippen LogP contribution in [0.4, 0.5) is 0 Å². The molecule has 1 aliphatic rings.